The van der Waals surface area contributed by atoms with Crippen LogP contribution in [0.3, 0.4) is 0 Å². The van der Waals surface area contributed by atoms with Crippen molar-refractivity contribution in [3.05, 3.63) is 75.6 Å². The fourth-order valence-corrected chi connectivity index (χ4v) is 2.26. The Labute approximate surface area is 127 Å². The van der Waals surface area contributed by atoms with E-state index < -0.39 is 0 Å². The molecule has 0 aliphatic carbocycles. The average molecular weight is 294 g/mol. The normalized spacial score (nSPS) is 10.6. The Morgan fingerprint density at radius 1 is 1.18 bits per heavy atom. The minimum atomic E-state index is -0.350. The van der Waals surface area contributed by atoms with Gasteiger partial charge in [0.2, 0.25) is 5.43 Å². The molecule has 3 rings (SSSR count). The van der Waals surface area contributed by atoms with E-state index in [9.17, 15) is 9.59 Å². The number of carbonyl (C=O) groups is 1. The van der Waals surface area contributed by atoms with E-state index in [-0.39, 0.29) is 11.0 Å². The van der Waals surface area contributed by atoms with Gasteiger partial charge < -0.3 is 9.15 Å². The quantitative estimate of drug-likeness (QED) is 0.691. The fourth-order valence-electron chi connectivity index (χ4n) is 2.26. The van der Waals surface area contributed by atoms with Gasteiger partial charge in [0.05, 0.1) is 10.9 Å². The minimum absolute atomic E-state index is 0.00309. The number of carbonyl (C=O) groups excluding carboxylic acids is 1. The summed E-state index contributed by atoms with van der Waals surface area (Å²) in [6.45, 7) is 2.43. The van der Waals surface area contributed by atoms with Crippen LogP contribution in [0.4, 0.5) is 0 Å². The summed E-state index contributed by atoms with van der Waals surface area (Å²) in [4.78, 5) is 22.9. The second kappa shape index (κ2) is 5.85. The van der Waals surface area contributed by atoms with Crippen molar-refractivity contribution in [2.45, 2.75) is 13.5 Å². The number of hydrogen-bond acceptors (Lipinski definition) is 4. The van der Waals surface area contributed by atoms with Crippen molar-refractivity contribution in [1.29, 1.82) is 0 Å². The fraction of sp³-hybridized carbons (Fsp3) is 0.111. The molecule has 0 N–H and O–H groups in total. The number of fused-ring (bicyclic) bond motifs is 1. The first-order valence-electron chi connectivity index (χ1n) is 6.86. The van der Waals surface area contributed by atoms with E-state index in [1.807, 2.05) is 31.2 Å². The van der Waals surface area contributed by atoms with Crippen LogP contribution >= 0.6 is 0 Å². The summed E-state index contributed by atoms with van der Waals surface area (Å²) >= 11 is 0. The molecule has 0 aliphatic rings. The highest BCUT2D eigenvalue weighted by Crippen LogP contribution is 2.20. The molecule has 4 nitrogen and oxygen atoms in total. The van der Waals surface area contributed by atoms with Crippen molar-refractivity contribution in [3.8, 4) is 5.75 Å². The zero-order chi connectivity index (χ0) is 15.5. The van der Waals surface area contributed by atoms with Crippen molar-refractivity contribution in [2.75, 3.05) is 0 Å². The number of ether oxygens (including phenoxy) is 1. The molecule has 0 bridgehead atoms. The van der Waals surface area contributed by atoms with Crippen LogP contribution in [0.25, 0.3) is 11.0 Å². The third kappa shape index (κ3) is 2.76. The summed E-state index contributed by atoms with van der Waals surface area (Å²) in [5.74, 6) is 0.560. The van der Waals surface area contributed by atoms with Crippen LogP contribution in [-0.2, 0) is 6.61 Å². The molecule has 0 spiro atoms. The van der Waals surface area contributed by atoms with Gasteiger partial charge in [0.15, 0.2) is 6.29 Å². The molecular weight excluding hydrogens is 280 g/mol. The Hall–Kier alpha value is -2.88. The Morgan fingerprint density at radius 3 is 2.82 bits per heavy atom. The first-order valence-corrected chi connectivity index (χ1v) is 6.86. The highest BCUT2D eigenvalue weighted by molar-refractivity contribution is 5.84. The zero-order valence-electron chi connectivity index (χ0n) is 12.0. The number of benzene rings is 2. The summed E-state index contributed by atoms with van der Waals surface area (Å²) < 4.78 is 11.0. The molecule has 0 radical (unpaired) electrons. The van der Waals surface area contributed by atoms with Crippen LogP contribution in [0.15, 0.2) is 57.9 Å². The van der Waals surface area contributed by atoms with Crippen molar-refractivity contribution >= 4 is 17.3 Å². The number of hydrogen-bond donors (Lipinski definition) is 0. The largest absolute Gasteiger partial charge is 0.489 e. The van der Waals surface area contributed by atoms with E-state index in [1.54, 1.807) is 18.2 Å². The second-order valence-electron chi connectivity index (χ2n) is 5.07. The van der Waals surface area contributed by atoms with E-state index in [0.717, 1.165) is 11.1 Å². The number of aldehydes is 1. The Balaban J connectivity index is 1.90. The van der Waals surface area contributed by atoms with Gasteiger partial charge >= 0.3 is 0 Å². The maximum absolute atomic E-state index is 12.1. The van der Waals surface area contributed by atoms with Gasteiger partial charge in [0, 0.05) is 0 Å². The molecule has 4 heteroatoms. The standard InChI is InChI=1S/C18H14O4/c1-12-3-2-4-13(7-12)10-21-15-5-6-17-16(8-15)18(20)14(9-19)11-22-17/h2-9,11H,10H2,1H3. The van der Waals surface area contributed by atoms with Crippen LogP contribution in [0.5, 0.6) is 5.75 Å². The molecular formula is C18H14O4. The Morgan fingerprint density at radius 2 is 2.05 bits per heavy atom. The third-order valence-corrected chi connectivity index (χ3v) is 3.39. The molecule has 0 unspecified atom stereocenters. The van der Waals surface area contributed by atoms with E-state index in [2.05, 4.69) is 0 Å². The van der Waals surface area contributed by atoms with Gasteiger partial charge in [-0.1, -0.05) is 29.8 Å². The molecule has 0 saturated heterocycles. The van der Waals surface area contributed by atoms with Crippen molar-refractivity contribution in [2.24, 2.45) is 0 Å². The highest BCUT2D eigenvalue weighted by Gasteiger charge is 2.07. The second-order valence-corrected chi connectivity index (χ2v) is 5.07. The van der Waals surface area contributed by atoms with Crippen LogP contribution < -0.4 is 10.2 Å². The predicted molar refractivity (Wildman–Crippen MR) is 83.4 cm³/mol. The van der Waals surface area contributed by atoms with E-state index >= 15 is 0 Å². The summed E-state index contributed by atoms with van der Waals surface area (Å²) in [5.41, 5.74) is 2.30. The lowest BCUT2D eigenvalue weighted by molar-refractivity contribution is 0.112. The summed E-state index contributed by atoms with van der Waals surface area (Å²) in [6, 6.07) is 13.0. The van der Waals surface area contributed by atoms with E-state index in [0.29, 0.717) is 29.6 Å². The minimum Gasteiger partial charge on any atom is -0.489 e. The molecule has 1 heterocycles. The average Bonchev–Trinajstić information content (AvgIpc) is 2.54. The Bertz CT molecular complexity index is 893. The molecule has 110 valence electrons. The molecule has 2 aromatic carbocycles. The van der Waals surface area contributed by atoms with Crippen LogP contribution in [0, 0.1) is 6.92 Å². The molecule has 0 fully saturated rings. The number of aryl methyl sites for hydroxylation is 1. The van der Waals surface area contributed by atoms with E-state index in [4.69, 9.17) is 9.15 Å². The lowest BCUT2D eigenvalue weighted by Gasteiger charge is -2.07. The molecule has 0 saturated carbocycles. The van der Waals surface area contributed by atoms with Crippen molar-refractivity contribution < 1.29 is 13.9 Å². The SMILES string of the molecule is Cc1cccc(COc2ccc3occ(C=O)c(=O)c3c2)c1. The van der Waals surface area contributed by atoms with Crippen LogP contribution in [0.2, 0.25) is 0 Å². The van der Waals surface area contributed by atoms with Gasteiger partial charge in [-0.05, 0) is 30.7 Å². The summed E-state index contributed by atoms with van der Waals surface area (Å²) in [6.07, 6.45) is 1.66. The van der Waals surface area contributed by atoms with Gasteiger partial charge in [-0.2, -0.15) is 0 Å². The summed E-state index contributed by atoms with van der Waals surface area (Å²) in [7, 11) is 0. The first-order chi connectivity index (χ1) is 10.7. The van der Waals surface area contributed by atoms with Gasteiger partial charge in [0.25, 0.3) is 0 Å². The van der Waals surface area contributed by atoms with Crippen molar-refractivity contribution in [3.63, 3.8) is 0 Å². The molecule has 3 aromatic rings. The molecule has 22 heavy (non-hydrogen) atoms. The monoisotopic (exact) mass is 294 g/mol. The predicted octanol–water partition coefficient (Wildman–Crippen LogP) is 3.49. The molecule has 1 aromatic heterocycles. The zero-order valence-corrected chi connectivity index (χ0v) is 12.0. The molecule has 0 aliphatic heterocycles. The van der Waals surface area contributed by atoms with Gasteiger partial charge in [0.1, 0.15) is 24.2 Å². The van der Waals surface area contributed by atoms with Gasteiger partial charge in [-0.3, -0.25) is 9.59 Å². The maximum atomic E-state index is 12.1. The van der Waals surface area contributed by atoms with Gasteiger partial charge in [-0.25, -0.2) is 0 Å². The summed E-state index contributed by atoms with van der Waals surface area (Å²) in [5, 5.41) is 0.339. The van der Waals surface area contributed by atoms with Crippen molar-refractivity contribution in [1.82, 2.24) is 0 Å². The van der Waals surface area contributed by atoms with Crippen LogP contribution in [-0.4, -0.2) is 6.29 Å². The number of rotatable bonds is 4. The smallest absolute Gasteiger partial charge is 0.203 e. The first kappa shape index (κ1) is 14.1. The van der Waals surface area contributed by atoms with Gasteiger partial charge in [-0.15, -0.1) is 0 Å². The highest BCUT2D eigenvalue weighted by atomic mass is 16.5. The topological polar surface area (TPSA) is 56.5 Å². The lowest BCUT2D eigenvalue weighted by Crippen LogP contribution is -2.07. The Kier molecular flexibility index (Phi) is 3.74. The van der Waals surface area contributed by atoms with E-state index in [1.165, 1.54) is 6.26 Å². The molecule has 0 atom stereocenters. The third-order valence-electron chi connectivity index (χ3n) is 3.39. The molecule has 0 amide bonds. The van der Waals surface area contributed by atoms with Crippen LogP contribution in [0.1, 0.15) is 21.5 Å². The lowest BCUT2D eigenvalue weighted by atomic mass is 10.1. The maximum Gasteiger partial charge on any atom is 0.203 e.